The number of ether oxygens (including phenoxy) is 1. The molecule has 0 saturated carbocycles. The van der Waals surface area contributed by atoms with Crippen molar-refractivity contribution in [3.63, 3.8) is 0 Å². The van der Waals surface area contributed by atoms with Gasteiger partial charge in [-0.1, -0.05) is 32.0 Å². The Morgan fingerprint density at radius 2 is 1.90 bits per heavy atom. The average molecular weight is 425 g/mol. The summed E-state index contributed by atoms with van der Waals surface area (Å²) in [5, 5.41) is 14.3. The van der Waals surface area contributed by atoms with Gasteiger partial charge in [0, 0.05) is 24.8 Å². The van der Waals surface area contributed by atoms with Crippen LogP contribution in [0.1, 0.15) is 54.9 Å². The highest BCUT2D eigenvalue weighted by molar-refractivity contribution is 5.96. The monoisotopic (exact) mass is 425 g/mol. The fourth-order valence-corrected chi connectivity index (χ4v) is 3.68. The van der Waals surface area contributed by atoms with Gasteiger partial charge in [0.15, 0.2) is 6.61 Å². The molecule has 1 amide bonds. The number of carbonyl (C=O) groups is 2. The van der Waals surface area contributed by atoms with Gasteiger partial charge in [0.1, 0.15) is 5.69 Å². The fraction of sp³-hybridized carbons (Fsp3) is 0.391. The molecule has 0 bridgehead atoms. The summed E-state index contributed by atoms with van der Waals surface area (Å²) in [4.78, 5) is 37.6. The summed E-state index contributed by atoms with van der Waals surface area (Å²) < 4.78 is 5.10. The zero-order valence-electron chi connectivity index (χ0n) is 17.8. The zero-order valence-corrected chi connectivity index (χ0v) is 17.8. The number of nitro groups is 1. The van der Waals surface area contributed by atoms with E-state index in [1.807, 2.05) is 29.2 Å². The topological polar surface area (TPSA) is 102 Å². The first-order chi connectivity index (χ1) is 14.9. The number of hydrogen-bond donors (Lipinski definition) is 1. The van der Waals surface area contributed by atoms with Crippen LogP contribution in [0.5, 0.6) is 0 Å². The maximum atomic E-state index is 12.4. The maximum absolute atomic E-state index is 12.4. The number of amides is 1. The van der Waals surface area contributed by atoms with Crippen LogP contribution in [0.2, 0.25) is 0 Å². The number of rotatable bonds is 8. The van der Waals surface area contributed by atoms with Crippen molar-refractivity contribution in [2.45, 2.75) is 39.0 Å². The van der Waals surface area contributed by atoms with Gasteiger partial charge in [-0.2, -0.15) is 0 Å². The zero-order chi connectivity index (χ0) is 22.4. The van der Waals surface area contributed by atoms with E-state index in [1.165, 1.54) is 12.1 Å². The average Bonchev–Trinajstić information content (AvgIpc) is 3.31. The third-order valence-corrected chi connectivity index (χ3v) is 5.57. The molecule has 3 rings (SSSR count). The predicted octanol–water partition coefficient (Wildman–Crippen LogP) is 4.50. The van der Waals surface area contributed by atoms with E-state index in [0.29, 0.717) is 11.4 Å². The van der Waals surface area contributed by atoms with Crippen LogP contribution in [0.25, 0.3) is 0 Å². The van der Waals surface area contributed by atoms with Gasteiger partial charge in [-0.25, -0.2) is 4.79 Å². The lowest BCUT2D eigenvalue weighted by Crippen LogP contribution is -2.22. The van der Waals surface area contributed by atoms with Gasteiger partial charge in [-0.05, 0) is 48.9 Å². The van der Waals surface area contributed by atoms with Crippen LogP contribution in [-0.4, -0.2) is 36.5 Å². The van der Waals surface area contributed by atoms with E-state index in [4.69, 9.17) is 4.74 Å². The lowest BCUT2D eigenvalue weighted by atomic mass is 9.97. The number of benzene rings is 2. The minimum Gasteiger partial charge on any atom is -0.452 e. The molecule has 0 spiro atoms. The summed E-state index contributed by atoms with van der Waals surface area (Å²) in [6.07, 6.45) is 2.89. The van der Waals surface area contributed by atoms with Crippen molar-refractivity contribution in [3.05, 3.63) is 63.7 Å². The van der Waals surface area contributed by atoms with Crippen LogP contribution in [0.15, 0.2) is 42.5 Å². The molecular formula is C23H27N3O5. The van der Waals surface area contributed by atoms with Crippen molar-refractivity contribution in [1.29, 1.82) is 0 Å². The van der Waals surface area contributed by atoms with Crippen LogP contribution in [0.4, 0.5) is 17.1 Å². The van der Waals surface area contributed by atoms with Gasteiger partial charge in [0.25, 0.3) is 11.6 Å². The first-order valence-corrected chi connectivity index (χ1v) is 10.5. The highest BCUT2D eigenvalue weighted by Crippen LogP contribution is 2.32. The van der Waals surface area contributed by atoms with Gasteiger partial charge in [-0.3, -0.25) is 14.9 Å². The van der Waals surface area contributed by atoms with E-state index in [1.54, 1.807) is 6.07 Å². The molecule has 31 heavy (non-hydrogen) atoms. The summed E-state index contributed by atoms with van der Waals surface area (Å²) >= 11 is 0. The maximum Gasteiger partial charge on any atom is 0.338 e. The molecule has 2 aromatic carbocycles. The second-order valence-electron chi connectivity index (χ2n) is 7.68. The Hall–Kier alpha value is -3.42. The molecule has 8 nitrogen and oxygen atoms in total. The molecule has 8 heteroatoms. The third-order valence-electron chi connectivity index (χ3n) is 5.57. The molecule has 1 aliphatic rings. The van der Waals surface area contributed by atoms with Crippen LogP contribution < -0.4 is 10.2 Å². The highest BCUT2D eigenvalue weighted by Gasteiger charge is 2.24. The minimum atomic E-state index is -0.776. The smallest absolute Gasteiger partial charge is 0.338 e. The predicted molar refractivity (Wildman–Crippen MR) is 119 cm³/mol. The van der Waals surface area contributed by atoms with Gasteiger partial charge in [0.2, 0.25) is 0 Å². The number of nitrogens with one attached hydrogen (secondary N) is 1. The van der Waals surface area contributed by atoms with Crippen LogP contribution in [0.3, 0.4) is 0 Å². The minimum absolute atomic E-state index is 0.0439. The molecule has 0 aliphatic carbocycles. The second kappa shape index (κ2) is 10.1. The van der Waals surface area contributed by atoms with E-state index < -0.39 is 23.4 Å². The molecule has 0 aromatic heterocycles. The first-order valence-electron chi connectivity index (χ1n) is 10.5. The molecule has 1 saturated heterocycles. The van der Waals surface area contributed by atoms with Crippen molar-refractivity contribution in [2.24, 2.45) is 0 Å². The Morgan fingerprint density at radius 3 is 2.58 bits per heavy atom. The van der Waals surface area contributed by atoms with E-state index in [2.05, 4.69) is 19.2 Å². The number of esters is 1. The Labute approximate surface area is 181 Å². The summed E-state index contributed by atoms with van der Waals surface area (Å²) in [5.41, 5.74) is 2.10. The van der Waals surface area contributed by atoms with Crippen LogP contribution in [-0.2, 0) is 9.53 Å². The van der Waals surface area contributed by atoms with Gasteiger partial charge in [-0.15, -0.1) is 0 Å². The number of para-hydroxylation sites is 1. The normalized spacial score (nSPS) is 14.2. The number of anilines is 2. The summed E-state index contributed by atoms with van der Waals surface area (Å²) in [6, 6.07) is 11.8. The second-order valence-corrected chi connectivity index (χ2v) is 7.68. The molecule has 1 heterocycles. The Balaban J connectivity index is 1.65. The summed E-state index contributed by atoms with van der Waals surface area (Å²) in [6.45, 7) is 5.17. The summed E-state index contributed by atoms with van der Waals surface area (Å²) in [5.74, 6) is -0.970. The lowest BCUT2D eigenvalue weighted by molar-refractivity contribution is -0.384. The number of hydrogen-bond acceptors (Lipinski definition) is 6. The number of nitrogens with zero attached hydrogens (tertiary/aromatic N) is 2. The molecule has 1 atom stereocenters. The van der Waals surface area contributed by atoms with Crippen molar-refractivity contribution in [2.75, 3.05) is 29.9 Å². The van der Waals surface area contributed by atoms with Crippen molar-refractivity contribution < 1.29 is 19.2 Å². The van der Waals surface area contributed by atoms with Crippen molar-refractivity contribution in [1.82, 2.24) is 0 Å². The Morgan fingerprint density at radius 1 is 1.19 bits per heavy atom. The SMILES string of the molecule is CC[C@H](C)c1ccccc1NC(=O)COC(=O)c1ccc(N2CCCC2)c([N+](=O)[O-])c1. The lowest BCUT2D eigenvalue weighted by Gasteiger charge is -2.17. The molecule has 0 radical (unpaired) electrons. The van der Waals surface area contributed by atoms with Crippen molar-refractivity contribution in [3.8, 4) is 0 Å². The van der Waals surface area contributed by atoms with E-state index in [0.717, 1.165) is 37.9 Å². The Kier molecular flexibility index (Phi) is 7.23. The standard InChI is InChI=1S/C23H27N3O5/c1-3-16(2)18-8-4-5-9-19(18)24-22(27)15-31-23(28)17-10-11-20(21(14-17)26(29)30)25-12-6-7-13-25/h4-5,8-11,14,16H,3,6-7,12-13,15H2,1-2H3,(H,24,27)/t16-/m0/s1. The van der Waals surface area contributed by atoms with Crippen LogP contribution in [0, 0.1) is 10.1 Å². The molecule has 0 unspecified atom stereocenters. The summed E-state index contributed by atoms with van der Waals surface area (Å²) in [7, 11) is 0. The Bertz CT molecular complexity index is 969. The quantitative estimate of drug-likeness (QED) is 0.379. The van der Waals surface area contributed by atoms with E-state index in [-0.39, 0.29) is 17.2 Å². The molecule has 1 fully saturated rings. The van der Waals surface area contributed by atoms with Crippen LogP contribution >= 0.6 is 0 Å². The molecule has 2 aromatic rings. The first kappa shape index (κ1) is 22.3. The molecule has 1 aliphatic heterocycles. The van der Waals surface area contributed by atoms with E-state index in [9.17, 15) is 19.7 Å². The molecule has 1 N–H and O–H groups in total. The molecular weight excluding hydrogens is 398 g/mol. The van der Waals surface area contributed by atoms with Gasteiger partial charge in [0.05, 0.1) is 10.5 Å². The fourth-order valence-electron chi connectivity index (χ4n) is 3.68. The largest absolute Gasteiger partial charge is 0.452 e. The van der Waals surface area contributed by atoms with Gasteiger partial charge < -0.3 is 15.0 Å². The number of nitro benzene ring substituents is 1. The molecule has 164 valence electrons. The highest BCUT2D eigenvalue weighted by atomic mass is 16.6. The van der Waals surface area contributed by atoms with Crippen molar-refractivity contribution >= 4 is 28.9 Å². The third kappa shape index (κ3) is 5.39. The van der Waals surface area contributed by atoms with E-state index >= 15 is 0 Å². The number of carbonyl (C=O) groups excluding carboxylic acids is 2. The van der Waals surface area contributed by atoms with Gasteiger partial charge >= 0.3 is 5.97 Å².